The fourth-order valence-electron chi connectivity index (χ4n) is 2.68. The molecule has 0 aromatic heterocycles. The molecular weight excluding hydrogens is 232 g/mol. The molecule has 98 valence electrons. The first kappa shape index (κ1) is 14.4. The van der Waals surface area contributed by atoms with Crippen molar-refractivity contribution < 1.29 is 4.79 Å². The van der Waals surface area contributed by atoms with Gasteiger partial charge in [-0.3, -0.25) is 4.79 Å². The summed E-state index contributed by atoms with van der Waals surface area (Å²) in [6.45, 7) is 4.78. The van der Waals surface area contributed by atoms with Crippen LogP contribution in [0.5, 0.6) is 0 Å². The molecule has 2 N–H and O–H groups in total. The SMILES string of the molecule is CCC(C(=O)N(CC)C1CCCCC1)C(N)=S. The summed E-state index contributed by atoms with van der Waals surface area (Å²) in [6.07, 6.45) is 6.74. The first-order chi connectivity index (χ1) is 8.11. The highest BCUT2D eigenvalue weighted by Crippen LogP contribution is 2.24. The van der Waals surface area contributed by atoms with Gasteiger partial charge in [-0.2, -0.15) is 0 Å². The average molecular weight is 256 g/mol. The van der Waals surface area contributed by atoms with Gasteiger partial charge in [0, 0.05) is 12.6 Å². The molecule has 1 amide bonds. The lowest BCUT2D eigenvalue weighted by molar-refractivity contribution is -0.136. The Morgan fingerprint density at radius 2 is 1.94 bits per heavy atom. The van der Waals surface area contributed by atoms with Crippen molar-refractivity contribution in [2.24, 2.45) is 11.7 Å². The number of rotatable bonds is 5. The van der Waals surface area contributed by atoms with E-state index >= 15 is 0 Å². The molecule has 0 spiro atoms. The highest BCUT2D eigenvalue weighted by Gasteiger charge is 2.29. The van der Waals surface area contributed by atoms with Crippen LogP contribution < -0.4 is 5.73 Å². The molecule has 1 saturated carbocycles. The van der Waals surface area contributed by atoms with Crippen LogP contribution >= 0.6 is 12.2 Å². The number of hydrogen-bond donors (Lipinski definition) is 1. The zero-order valence-corrected chi connectivity index (χ0v) is 11.8. The fraction of sp³-hybridized carbons (Fsp3) is 0.846. The van der Waals surface area contributed by atoms with Crippen molar-refractivity contribution in [2.75, 3.05) is 6.54 Å². The van der Waals surface area contributed by atoms with Crippen molar-refractivity contribution >= 4 is 23.1 Å². The molecule has 0 bridgehead atoms. The molecule has 1 unspecified atom stereocenters. The van der Waals surface area contributed by atoms with Crippen LogP contribution in [-0.4, -0.2) is 28.4 Å². The summed E-state index contributed by atoms with van der Waals surface area (Å²) in [5, 5.41) is 0. The summed E-state index contributed by atoms with van der Waals surface area (Å²) in [5.74, 6) is -0.138. The van der Waals surface area contributed by atoms with Gasteiger partial charge in [0.1, 0.15) is 0 Å². The minimum Gasteiger partial charge on any atom is -0.393 e. The lowest BCUT2D eigenvalue weighted by atomic mass is 9.92. The number of thiocarbonyl (C=S) groups is 1. The van der Waals surface area contributed by atoms with E-state index in [4.69, 9.17) is 18.0 Å². The number of nitrogens with zero attached hydrogens (tertiary/aromatic N) is 1. The number of nitrogens with two attached hydrogens (primary N) is 1. The van der Waals surface area contributed by atoms with E-state index in [9.17, 15) is 4.79 Å². The molecule has 0 aromatic rings. The normalized spacial score (nSPS) is 18.7. The van der Waals surface area contributed by atoms with Crippen LogP contribution in [-0.2, 0) is 4.79 Å². The second-order valence-electron chi connectivity index (χ2n) is 4.78. The van der Waals surface area contributed by atoms with Gasteiger partial charge in [-0.25, -0.2) is 0 Å². The predicted octanol–water partition coefficient (Wildman–Crippen LogP) is 2.48. The highest BCUT2D eigenvalue weighted by atomic mass is 32.1. The maximum atomic E-state index is 12.4. The second-order valence-corrected chi connectivity index (χ2v) is 5.25. The van der Waals surface area contributed by atoms with Crippen LogP contribution in [0.4, 0.5) is 0 Å². The monoisotopic (exact) mass is 256 g/mol. The van der Waals surface area contributed by atoms with Crippen LogP contribution in [0.2, 0.25) is 0 Å². The van der Waals surface area contributed by atoms with Crippen molar-refractivity contribution in [1.82, 2.24) is 4.90 Å². The summed E-state index contributed by atoms with van der Waals surface area (Å²) in [6, 6.07) is 0.407. The van der Waals surface area contributed by atoms with Crippen molar-refractivity contribution in [2.45, 2.75) is 58.4 Å². The fourth-order valence-corrected chi connectivity index (χ4v) is 2.95. The molecular formula is C13H24N2OS. The van der Waals surface area contributed by atoms with Gasteiger partial charge in [0.2, 0.25) is 5.91 Å². The average Bonchev–Trinajstić information content (AvgIpc) is 2.31. The third kappa shape index (κ3) is 3.66. The van der Waals surface area contributed by atoms with Crippen LogP contribution in [0, 0.1) is 5.92 Å². The molecule has 1 atom stereocenters. The van der Waals surface area contributed by atoms with Crippen molar-refractivity contribution in [3.05, 3.63) is 0 Å². The van der Waals surface area contributed by atoms with Crippen LogP contribution in [0.15, 0.2) is 0 Å². The summed E-state index contributed by atoms with van der Waals surface area (Å²) in [7, 11) is 0. The quantitative estimate of drug-likeness (QED) is 0.769. The smallest absolute Gasteiger partial charge is 0.232 e. The van der Waals surface area contributed by atoms with Crippen molar-refractivity contribution in [1.29, 1.82) is 0 Å². The standard InChI is InChI=1S/C13H24N2OS/c1-3-11(12(14)17)13(16)15(4-2)10-8-6-5-7-9-10/h10-11H,3-9H2,1-2H3,(H2,14,17). The Bertz CT molecular complexity index is 275. The lowest BCUT2D eigenvalue weighted by Gasteiger charge is -2.35. The molecule has 4 heteroatoms. The molecule has 3 nitrogen and oxygen atoms in total. The molecule has 1 aliphatic rings. The Labute approximate surface area is 110 Å². The zero-order chi connectivity index (χ0) is 12.8. The maximum Gasteiger partial charge on any atom is 0.232 e. The Kier molecular flexibility index (Phi) is 5.89. The molecule has 0 radical (unpaired) electrons. The Balaban J connectivity index is 2.70. The van der Waals surface area contributed by atoms with Gasteiger partial charge in [0.25, 0.3) is 0 Å². The topological polar surface area (TPSA) is 46.3 Å². The zero-order valence-electron chi connectivity index (χ0n) is 10.9. The van der Waals surface area contributed by atoms with Gasteiger partial charge in [-0.05, 0) is 26.2 Å². The van der Waals surface area contributed by atoms with Crippen LogP contribution in [0.3, 0.4) is 0 Å². The van der Waals surface area contributed by atoms with Crippen molar-refractivity contribution in [3.63, 3.8) is 0 Å². The first-order valence-electron chi connectivity index (χ1n) is 6.71. The summed E-state index contributed by atoms with van der Waals surface area (Å²) in [4.78, 5) is 14.7. The van der Waals surface area contributed by atoms with Crippen LogP contribution in [0.1, 0.15) is 52.4 Å². The van der Waals surface area contributed by atoms with Gasteiger partial charge in [-0.15, -0.1) is 0 Å². The van der Waals surface area contributed by atoms with Gasteiger partial charge in [0.05, 0.1) is 10.9 Å². The molecule has 0 saturated heterocycles. The minimum atomic E-state index is -0.271. The van der Waals surface area contributed by atoms with Gasteiger partial charge in [0.15, 0.2) is 0 Å². The van der Waals surface area contributed by atoms with E-state index in [1.54, 1.807) is 0 Å². The van der Waals surface area contributed by atoms with E-state index < -0.39 is 0 Å². The largest absolute Gasteiger partial charge is 0.393 e. The molecule has 0 aliphatic heterocycles. The molecule has 0 heterocycles. The van der Waals surface area contributed by atoms with Gasteiger partial charge in [-0.1, -0.05) is 38.4 Å². The Hall–Kier alpha value is -0.640. The third-order valence-corrected chi connectivity index (χ3v) is 3.97. The summed E-state index contributed by atoms with van der Waals surface area (Å²) in [5.41, 5.74) is 5.65. The van der Waals surface area contributed by atoms with E-state index in [1.165, 1.54) is 19.3 Å². The summed E-state index contributed by atoms with van der Waals surface area (Å²) >= 11 is 4.99. The lowest BCUT2D eigenvalue weighted by Crippen LogP contribution is -2.47. The van der Waals surface area contributed by atoms with E-state index in [0.717, 1.165) is 19.4 Å². The first-order valence-corrected chi connectivity index (χ1v) is 7.12. The molecule has 1 fully saturated rings. The Morgan fingerprint density at radius 3 is 2.35 bits per heavy atom. The number of hydrogen-bond acceptors (Lipinski definition) is 2. The summed E-state index contributed by atoms with van der Waals surface area (Å²) < 4.78 is 0. The van der Waals surface area contributed by atoms with E-state index in [0.29, 0.717) is 17.5 Å². The van der Waals surface area contributed by atoms with E-state index in [1.807, 2.05) is 18.7 Å². The van der Waals surface area contributed by atoms with Gasteiger partial charge < -0.3 is 10.6 Å². The van der Waals surface area contributed by atoms with E-state index in [-0.39, 0.29) is 11.8 Å². The van der Waals surface area contributed by atoms with E-state index in [2.05, 4.69) is 0 Å². The third-order valence-electron chi connectivity index (χ3n) is 3.69. The molecule has 0 aromatic carbocycles. The number of amides is 1. The van der Waals surface area contributed by atoms with Crippen molar-refractivity contribution in [3.8, 4) is 0 Å². The Morgan fingerprint density at radius 1 is 1.35 bits per heavy atom. The molecule has 17 heavy (non-hydrogen) atoms. The number of carbonyl (C=O) groups is 1. The maximum absolute atomic E-state index is 12.4. The second kappa shape index (κ2) is 6.94. The minimum absolute atomic E-state index is 0.134. The highest BCUT2D eigenvalue weighted by molar-refractivity contribution is 7.80. The molecule has 1 rings (SSSR count). The van der Waals surface area contributed by atoms with Crippen LogP contribution in [0.25, 0.3) is 0 Å². The predicted molar refractivity (Wildman–Crippen MR) is 74.8 cm³/mol. The molecule has 1 aliphatic carbocycles. The van der Waals surface area contributed by atoms with Gasteiger partial charge >= 0.3 is 0 Å². The number of carbonyl (C=O) groups excluding carboxylic acids is 1.